The highest BCUT2D eigenvalue weighted by Gasteiger charge is 2.35. The van der Waals surface area contributed by atoms with Crippen molar-refractivity contribution in [3.8, 4) is 0 Å². The molecule has 2 atom stereocenters. The van der Waals surface area contributed by atoms with Crippen LogP contribution in [0.15, 0.2) is 30.3 Å². The minimum absolute atomic E-state index is 0.0574. The number of carbonyl (C=O) groups is 2. The van der Waals surface area contributed by atoms with Gasteiger partial charge in [-0.05, 0) is 12.5 Å². The summed E-state index contributed by atoms with van der Waals surface area (Å²) in [5.74, 6) is -0.310. The maximum atomic E-state index is 12.0. The van der Waals surface area contributed by atoms with Crippen LogP contribution in [-0.4, -0.2) is 60.5 Å². The van der Waals surface area contributed by atoms with Gasteiger partial charge in [0.25, 0.3) is 0 Å². The SMILES string of the molecule is CCOCC(=O)NC1CN(C(=O)OCc2ccccc2)CC1O. The molecule has 0 aliphatic carbocycles. The maximum Gasteiger partial charge on any atom is 0.410 e. The molecule has 1 aromatic rings. The number of benzene rings is 1. The first-order chi connectivity index (χ1) is 11.1. The van der Waals surface area contributed by atoms with Crippen LogP contribution in [0, 0.1) is 0 Å². The van der Waals surface area contributed by atoms with Crippen LogP contribution in [0.4, 0.5) is 4.79 Å². The smallest absolute Gasteiger partial charge is 0.410 e. The number of carbonyl (C=O) groups excluding carboxylic acids is 2. The first-order valence-corrected chi connectivity index (χ1v) is 7.61. The summed E-state index contributed by atoms with van der Waals surface area (Å²) in [5, 5.41) is 12.6. The second kappa shape index (κ2) is 8.50. The van der Waals surface area contributed by atoms with Crippen molar-refractivity contribution >= 4 is 12.0 Å². The lowest BCUT2D eigenvalue weighted by atomic mass is 10.2. The Balaban J connectivity index is 1.78. The molecule has 0 bridgehead atoms. The third-order valence-corrected chi connectivity index (χ3v) is 3.54. The van der Waals surface area contributed by atoms with E-state index in [9.17, 15) is 14.7 Å². The predicted octanol–water partition coefficient (Wildman–Crippen LogP) is 0.521. The lowest BCUT2D eigenvalue weighted by molar-refractivity contribution is -0.126. The monoisotopic (exact) mass is 322 g/mol. The number of nitrogens with zero attached hydrogens (tertiary/aromatic N) is 1. The molecule has 0 spiro atoms. The van der Waals surface area contributed by atoms with Crippen molar-refractivity contribution in [3.63, 3.8) is 0 Å². The van der Waals surface area contributed by atoms with Crippen molar-refractivity contribution in [3.05, 3.63) is 35.9 Å². The van der Waals surface area contributed by atoms with Crippen LogP contribution < -0.4 is 5.32 Å². The van der Waals surface area contributed by atoms with Gasteiger partial charge >= 0.3 is 6.09 Å². The van der Waals surface area contributed by atoms with Gasteiger partial charge in [0, 0.05) is 13.2 Å². The fraction of sp³-hybridized carbons (Fsp3) is 0.500. The number of aliphatic hydroxyl groups is 1. The average Bonchev–Trinajstić information content (AvgIpc) is 2.92. The summed E-state index contributed by atoms with van der Waals surface area (Å²) in [6.07, 6.45) is -1.32. The summed E-state index contributed by atoms with van der Waals surface area (Å²) in [6.45, 7) is 2.70. The van der Waals surface area contributed by atoms with Crippen molar-refractivity contribution in [1.82, 2.24) is 10.2 Å². The highest BCUT2D eigenvalue weighted by molar-refractivity contribution is 5.78. The summed E-state index contributed by atoms with van der Waals surface area (Å²) >= 11 is 0. The zero-order chi connectivity index (χ0) is 16.7. The first-order valence-electron chi connectivity index (χ1n) is 7.61. The Labute approximate surface area is 135 Å². The third-order valence-electron chi connectivity index (χ3n) is 3.54. The van der Waals surface area contributed by atoms with Gasteiger partial charge in [-0.15, -0.1) is 0 Å². The Bertz CT molecular complexity index is 522. The van der Waals surface area contributed by atoms with Gasteiger partial charge in [-0.2, -0.15) is 0 Å². The number of likely N-dealkylation sites (tertiary alicyclic amines) is 1. The van der Waals surface area contributed by atoms with Crippen LogP contribution in [0.3, 0.4) is 0 Å². The Kier molecular flexibility index (Phi) is 6.37. The number of hydrogen-bond acceptors (Lipinski definition) is 5. The van der Waals surface area contributed by atoms with E-state index in [2.05, 4.69) is 5.32 Å². The van der Waals surface area contributed by atoms with Crippen LogP contribution in [0.2, 0.25) is 0 Å². The second-order valence-electron chi connectivity index (χ2n) is 5.32. The predicted molar refractivity (Wildman–Crippen MR) is 82.6 cm³/mol. The molecule has 23 heavy (non-hydrogen) atoms. The molecule has 1 aliphatic rings. The van der Waals surface area contributed by atoms with Crippen LogP contribution in [0.5, 0.6) is 0 Å². The van der Waals surface area contributed by atoms with Gasteiger partial charge in [-0.3, -0.25) is 4.79 Å². The zero-order valence-corrected chi connectivity index (χ0v) is 13.1. The van der Waals surface area contributed by atoms with E-state index in [1.165, 1.54) is 4.90 Å². The van der Waals surface area contributed by atoms with Crippen LogP contribution in [-0.2, 0) is 20.9 Å². The number of β-amino-alcohol motifs (C(OH)–C–C–N with tert-alkyl or cyclic N) is 1. The van der Waals surface area contributed by atoms with Crippen molar-refractivity contribution < 1.29 is 24.2 Å². The van der Waals surface area contributed by atoms with Gasteiger partial charge in [-0.1, -0.05) is 30.3 Å². The standard InChI is InChI=1S/C16H22N2O5/c1-2-22-11-15(20)17-13-8-18(9-14(13)19)16(21)23-10-12-6-4-3-5-7-12/h3-7,13-14,19H,2,8-11H2,1H3,(H,17,20). The Hall–Kier alpha value is -2.12. The summed E-state index contributed by atoms with van der Waals surface area (Å²) in [4.78, 5) is 25.0. The lowest BCUT2D eigenvalue weighted by Crippen LogP contribution is -2.44. The van der Waals surface area contributed by atoms with Gasteiger partial charge in [0.1, 0.15) is 13.2 Å². The summed E-state index contributed by atoms with van der Waals surface area (Å²) in [7, 11) is 0. The quantitative estimate of drug-likeness (QED) is 0.797. The fourth-order valence-electron chi connectivity index (χ4n) is 2.33. The maximum absolute atomic E-state index is 12.0. The average molecular weight is 322 g/mol. The van der Waals surface area contributed by atoms with E-state index in [0.29, 0.717) is 6.61 Å². The lowest BCUT2D eigenvalue weighted by Gasteiger charge is -2.16. The molecule has 126 valence electrons. The molecule has 7 heteroatoms. The van der Waals surface area contributed by atoms with Crippen molar-refractivity contribution in [1.29, 1.82) is 0 Å². The highest BCUT2D eigenvalue weighted by atomic mass is 16.6. The molecule has 0 saturated carbocycles. The molecule has 7 nitrogen and oxygen atoms in total. The number of rotatable bonds is 6. The van der Waals surface area contributed by atoms with E-state index in [0.717, 1.165) is 5.56 Å². The Morgan fingerprint density at radius 2 is 2.04 bits per heavy atom. The minimum atomic E-state index is -0.815. The highest BCUT2D eigenvalue weighted by Crippen LogP contribution is 2.13. The molecule has 1 aliphatic heterocycles. The molecule has 2 unspecified atom stereocenters. The van der Waals surface area contributed by atoms with E-state index in [1.54, 1.807) is 6.92 Å². The van der Waals surface area contributed by atoms with Gasteiger partial charge in [0.2, 0.25) is 5.91 Å². The summed E-state index contributed by atoms with van der Waals surface area (Å²) in [6, 6.07) is 8.84. The topological polar surface area (TPSA) is 88.1 Å². The zero-order valence-electron chi connectivity index (χ0n) is 13.1. The molecule has 2 N–H and O–H groups in total. The first kappa shape index (κ1) is 17.2. The van der Waals surface area contributed by atoms with Crippen LogP contribution >= 0.6 is 0 Å². The minimum Gasteiger partial charge on any atom is -0.445 e. The molecule has 1 aromatic carbocycles. The molecular weight excluding hydrogens is 300 g/mol. The summed E-state index contributed by atoms with van der Waals surface area (Å²) in [5.41, 5.74) is 0.891. The molecule has 2 rings (SSSR count). The van der Waals surface area contributed by atoms with Crippen molar-refractivity contribution in [2.24, 2.45) is 0 Å². The van der Waals surface area contributed by atoms with Gasteiger partial charge in [0.15, 0.2) is 0 Å². The van der Waals surface area contributed by atoms with E-state index < -0.39 is 18.2 Å². The molecular formula is C16H22N2O5. The van der Waals surface area contributed by atoms with Crippen molar-refractivity contribution in [2.75, 3.05) is 26.3 Å². The molecule has 2 amide bonds. The normalized spacial score (nSPS) is 20.3. The number of hydrogen-bond donors (Lipinski definition) is 2. The Morgan fingerprint density at radius 3 is 2.74 bits per heavy atom. The van der Waals surface area contributed by atoms with Gasteiger partial charge in [-0.25, -0.2) is 4.79 Å². The van der Waals surface area contributed by atoms with E-state index in [-0.39, 0.29) is 32.2 Å². The Morgan fingerprint density at radius 1 is 1.30 bits per heavy atom. The van der Waals surface area contributed by atoms with E-state index in [4.69, 9.17) is 9.47 Å². The molecule has 1 heterocycles. The summed E-state index contributed by atoms with van der Waals surface area (Å²) < 4.78 is 10.2. The van der Waals surface area contributed by atoms with Crippen LogP contribution in [0.1, 0.15) is 12.5 Å². The largest absolute Gasteiger partial charge is 0.445 e. The molecule has 0 aromatic heterocycles. The number of aliphatic hydroxyl groups excluding tert-OH is 1. The third kappa shape index (κ3) is 5.22. The second-order valence-corrected chi connectivity index (χ2v) is 5.32. The van der Waals surface area contributed by atoms with Crippen LogP contribution in [0.25, 0.3) is 0 Å². The molecule has 1 fully saturated rings. The van der Waals surface area contributed by atoms with Gasteiger partial charge < -0.3 is 24.8 Å². The number of amides is 2. The van der Waals surface area contributed by atoms with Gasteiger partial charge in [0.05, 0.1) is 18.7 Å². The molecule has 0 radical (unpaired) electrons. The fourth-order valence-corrected chi connectivity index (χ4v) is 2.33. The van der Waals surface area contributed by atoms with E-state index in [1.807, 2.05) is 30.3 Å². The number of nitrogens with one attached hydrogen (secondary N) is 1. The molecule has 1 saturated heterocycles. The van der Waals surface area contributed by atoms with E-state index >= 15 is 0 Å². The van der Waals surface area contributed by atoms with Crippen molar-refractivity contribution in [2.45, 2.75) is 25.7 Å². The number of ether oxygens (including phenoxy) is 2.